The predicted octanol–water partition coefficient (Wildman–Crippen LogP) is 3.04. The van der Waals surface area contributed by atoms with Gasteiger partial charge in [-0.2, -0.15) is 0 Å². The Labute approximate surface area is 126 Å². The van der Waals surface area contributed by atoms with Gasteiger partial charge in [0.2, 0.25) is 5.91 Å². The van der Waals surface area contributed by atoms with Gasteiger partial charge >= 0.3 is 0 Å². The molecular weight excluding hydrogens is 332 g/mol. The molecule has 1 atom stereocenters. The number of hydrogen-bond donors (Lipinski definition) is 2. The number of rotatable bonds is 6. The average Bonchev–Trinajstić information content (AvgIpc) is 2.32. The van der Waals surface area contributed by atoms with Crippen molar-refractivity contribution in [1.82, 2.24) is 0 Å². The molecule has 0 bridgehead atoms. The molecule has 1 amide bonds. The fourth-order valence-electron chi connectivity index (χ4n) is 1.82. The van der Waals surface area contributed by atoms with Crippen LogP contribution in [0, 0.1) is 5.92 Å². The van der Waals surface area contributed by atoms with Gasteiger partial charge in [0.05, 0.1) is 11.6 Å². The zero-order valence-corrected chi connectivity index (χ0v) is 13.5. The number of carbonyl (C=O) groups excluding carboxylic acids is 1. The fraction of sp³-hybridized carbons (Fsp3) is 0.462. The molecule has 1 rings (SSSR count). The lowest BCUT2D eigenvalue weighted by atomic mass is 9.86. The van der Waals surface area contributed by atoms with Crippen LogP contribution in [-0.2, 0) is 9.53 Å². The topological polar surface area (TPSA) is 64.3 Å². The molecule has 0 aromatic heterocycles. The van der Waals surface area contributed by atoms with Crippen LogP contribution in [0.4, 0.5) is 5.69 Å². The lowest BCUT2D eigenvalue weighted by Crippen LogP contribution is -2.57. The minimum atomic E-state index is -0.956. The highest BCUT2D eigenvalue weighted by atomic mass is 79.9. The summed E-state index contributed by atoms with van der Waals surface area (Å²) in [5.41, 5.74) is 5.35. The number of benzene rings is 1. The number of hydrogen-bond acceptors (Lipinski definition) is 3. The first-order valence-corrected chi connectivity index (χ1v) is 7.02. The standard InChI is InChI=1S/C13H18BrClN2O2/c1-8(2)13(7-19-3,12(16)18)17-9-4-5-11(15)10(14)6-9/h4-6,8,17H,7H2,1-3H3,(H2,16,18). The molecule has 0 saturated heterocycles. The maximum atomic E-state index is 11.9. The summed E-state index contributed by atoms with van der Waals surface area (Å²) >= 11 is 9.29. The summed E-state index contributed by atoms with van der Waals surface area (Å²) in [6.45, 7) is 4.03. The molecule has 3 N–H and O–H groups in total. The molecule has 0 fully saturated rings. The number of anilines is 1. The van der Waals surface area contributed by atoms with Crippen molar-refractivity contribution in [3.05, 3.63) is 27.7 Å². The van der Waals surface area contributed by atoms with Gasteiger partial charge in [0.1, 0.15) is 5.54 Å². The molecule has 0 saturated carbocycles. The summed E-state index contributed by atoms with van der Waals surface area (Å²) in [6.07, 6.45) is 0. The van der Waals surface area contributed by atoms with E-state index in [4.69, 9.17) is 22.1 Å². The predicted molar refractivity (Wildman–Crippen MR) is 81.4 cm³/mol. The maximum absolute atomic E-state index is 11.9. The third-order valence-electron chi connectivity index (χ3n) is 3.08. The van der Waals surface area contributed by atoms with E-state index in [1.165, 1.54) is 0 Å². The van der Waals surface area contributed by atoms with Crippen LogP contribution >= 0.6 is 27.5 Å². The van der Waals surface area contributed by atoms with Crippen molar-refractivity contribution < 1.29 is 9.53 Å². The van der Waals surface area contributed by atoms with E-state index in [1.807, 2.05) is 13.8 Å². The van der Waals surface area contributed by atoms with Crippen LogP contribution in [0.2, 0.25) is 5.02 Å². The summed E-state index contributed by atoms with van der Waals surface area (Å²) in [5.74, 6) is -0.477. The minimum Gasteiger partial charge on any atom is -0.382 e. The van der Waals surface area contributed by atoms with Gasteiger partial charge in [0.15, 0.2) is 0 Å². The fourth-order valence-corrected chi connectivity index (χ4v) is 2.32. The molecule has 19 heavy (non-hydrogen) atoms. The van der Waals surface area contributed by atoms with Crippen LogP contribution < -0.4 is 11.1 Å². The smallest absolute Gasteiger partial charge is 0.245 e. The Balaban J connectivity index is 3.12. The van der Waals surface area contributed by atoms with Crippen LogP contribution in [0.3, 0.4) is 0 Å². The monoisotopic (exact) mass is 348 g/mol. The number of primary amides is 1. The Morgan fingerprint density at radius 2 is 2.21 bits per heavy atom. The van der Waals surface area contributed by atoms with E-state index in [9.17, 15) is 4.79 Å². The first kappa shape index (κ1) is 16.3. The molecule has 106 valence electrons. The first-order chi connectivity index (χ1) is 8.83. The van der Waals surface area contributed by atoms with E-state index in [-0.39, 0.29) is 12.5 Å². The Morgan fingerprint density at radius 1 is 1.58 bits per heavy atom. The number of carbonyl (C=O) groups is 1. The van der Waals surface area contributed by atoms with Gasteiger partial charge in [0, 0.05) is 17.3 Å². The summed E-state index contributed by atoms with van der Waals surface area (Å²) in [7, 11) is 1.54. The molecular formula is C13H18BrClN2O2. The van der Waals surface area contributed by atoms with Gasteiger partial charge in [-0.05, 0) is 40.0 Å². The Morgan fingerprint density at radius 3 is 2.63 bits per heavy atom. The number of nitrogens with two attached hydrogens (primary N) is 1. The molecule has 1 unspecified atom stereocenters. The van der Waals surface area contributed by atoms with E-state index in [1.54, 1.807) is 25.3 Å². The van der Waals surface area contributed by atoms with Crippen molar-refractivity contribution >= 4 is 39.1 Å². The summed E-state index contributed by atoms with van der Waals surface area (Å²) < 4.78 is 5.90. The van der Waals surface area contributed by atoms with E-state index >= 15 is 0 Å². The van der Waals surface area contributed by atoms with Gasteiger partial charge in [-0.1, -0.05) is 25.4 Å². The molecule has 0 radical (unpaired) electrons. The van der Waals surface area contributed by atoms with Crippen molar-refractivity contribution in [1.29, 1.82) is 0 Å². The van der Waals surface area contributed by atoms with Gasteiger partial charge in [0.25, 0.3) is 0 Å². The molecule has 0 spiro atoms. The zero-order valence-electron chi connectivity index (χ0n) is 11.2. The van der Waals surface area contributed by atoms with Crippen LogP contribution in [-0.4, -0.2) is 25.2 Å². The molecule has 6 heteroatoms. The number of ether oxygens (including phenoxy) is 1. The van der Waals surface area contributed by atoms with Crippen LogP contribution in [0.5, 0.6) is 0 Å². The highest BCUT2D eigenvalue weighted by molar-refractivity contribution is 9.10. The van der Waals surface area contributed by atoms with Crippen molar-refractivity contribution in [2.75, 3.05) is 19.0 Å². The van der Waals surface area contributed by atoms with Crippen LogP contribution in [0.15, 0.2) is 22.7 Å². The SMILES string of the molecule is COCC(Nc1ccc(Cl)c(Br)c1)(C(N)=O)C(C)C. The van der Waals surface area contributed by atoms with E-state index in [2.05, 4.69) is 21.2 Å². The van der Waals surface area contributed by atoms with Gasteiger partial charge in [-0.15, -0.1) is 0 Å². The number of methoxy groups -OCH3 is 1. The average molecular weight is 350 g/mol. The second-order valence-electron chi connectivity index (χ2n) is 4.68. The van der Waals surface area contributed by atoms with Crippen molar-refractivity contribution in [2.45, 2.75) is 19.4 Å². The number of nitrogens with one attached hydrogen (secondary N) is 1. The van der Waals surface area contributed by atoms with Crippen molar-refractivity contribution in [3.8, 4) is 0 Å². The first-order valence-electron chi connectivity index (χ1n) is 5.85. The van der Waals surface area contributed by atoms with E-state index < -0.39 is 11.4 Å². The third kappa shape index (κ3) is 3.61. The molecule has 1 aromatic carbocycles. The quantitative estimate of drug-likeness (QED) is 0.829. The molecule has 4 nitrogen and oxygen atoms in total. The number of amides is 1. The molecule has 0 heterocycles. The Hall–Kier alpha value is -0.780. The van der Waals surface area contributed by atoms with Crippen molar-refractivity contribution in [3.63, 3.8) is 0 Å². The zero-order chi connectivity index (χ0) is 14.6. The van der Waals surface area contributed by atoms with Gasteiger partial charge in [-0.25, -0.2) is 0 Å². The van der Waals surface area contributed by atoms with Gasteiger partial charge < -0.3 is 15.8 Å². The molecule has 0 aliphatic rings. The molecule has 1 aromatic rings. The summed E-state index contributed by atoms with van der Waals surface area (Å²) in [5, 5.41) is 3.78. The minimum absolute atomic E-state index is 0.0283. The highest BCUT2D eigenvalue weighted by Crippen LogP contribution is 2.29. The number of halogens is 2. The second-order valence-corrected chi connectivity index (χ2v) is 5.94. The summed E-state index contributed by atoms with van der Waals surface area (Å²) in [6, 6.07) is 5.34. The second kappa shape index (κ2) is 6.59. The highest BCUT2D eigenvalue weighted by Gasteiger charge is 2.40. The molecule has 0 aliphatic heterocycles. The third-order valence-corrected chi connectivity index (χ3v) is 4.30. The maximum Gasteiger partial charge on any atom is 0.245 e. The Bertz CT molecular complexity index is 468. The van der Waals surface area contributed by atoms with Crippen LogP contribution in [0.25, 0.3) is 0 Å². The normalized spacial score (nSPS) is 14.2. The lowest BCUT2D eigenvalue weighted by molar-refractivity contribution is -0.125. The van der Waals surface area contributed by atoms with Crippen molar-refractivity contribution in [2.24, 2.45) is 11.7 Å². The largest absolute Gasteiger partial charge is 0.382 e. The summed E-state index contributed by atoms with van der Waals surface area (Å²) in [4.78, 5) is 11.9. The molecule has 0 aliphatic carbocycles. The van der Waals surface area contributed by atoms with Gasteiger partial charge in [-0.3, -0.25) is 4.79 Å². The van der Waals surface area contributed by atoms with E-state index in [0.29, 0.717) is 5.02 Å². The Kier molecular flexibility index (Phi) is 5.64. The lowest BCUT2D eigenvalue weighted by Gasteiger charge is -2.35. The van der Waals surface area contributed by atoms with Crippen LogP contribution in [0.1, 0.15) is 13.8 Å². The van der Waals surface area contributed by atoms with E-state index in [0.717, 1.165) is 10.2 Å².